The molecular formula is C14H11F3S. The average Bonchev–Trinajstić information content (AvgIpc) is 2.34. The van der Waals surface area contributed by atoms with Crippen LogP contribution in [0.4, 0.5) is 13.2 Å². The monoisotopic (exact) mass is 268 g/mol. The van der Waals surface area contributed by atoms with Gasteiger partial charge in [0.15, 0.2) is 0 Å². The van der Waals surface area contributed by atoms with E-state index in [1.54, 1.807) is 18.4 Å². The van der Waals surface area contributed by atoms with Crippen molar-refractivity contribution in [2.24, 2.45) is 0 Å². The molecule has 0 amide bonds. The molecule has 1 aromatic carbocycles. The minimum Gasteiger partial charge on any atom is -0.166 e. The van der Waals surface area contributed by atoms with Crippen LogP contribution in [-0.4, -0.2) is 12.4 Å². The van der Waals surface area contributed by atoms with Gasteiger partial charge >= 0.3 is 6.18 Å². The van der Waals surface area contributed by atoms with Gasteiger partial charge in [0.1, 0.15) is 0 Å². The smallest absolute Gasteiger partial charge is 0.166 e. The minimum atomic E-state index is -4.41. The van der Waals surface area contributed by atoms with Gasteiger partial charge in [0.25, 0.3) is 0 Å². The molecule has 18 heavy (non-hydrogen) atoms. The van der Waals surface area contributed by atoms with Gasteiger partial charge in [-0.05, 0) is 18.4 Å². The maximum absolute atomic E-state index is 12.4. The van der Waals surface area contributed by atoms with Gasteiger partial charge in [-0.15, -0.1) is 11.8 Å². The number of benzene rings is 1. The number of allylic oxidation sites excluding steroid dienone is 2. The summed E-state index contributed by atoms with van der Waals surface area (Å²) in [5.41, 5.74) is -0.107. The Morgan fingerprint density at radius 2 is 1.89 bits per heavy atom. The summed E-state index contributed by atoms with van der Waals surface area (Å²) in [6.45, 7) is 3.04. The molecule has 0 radical (unpaired) electrons. The summed E-state index contributed by atoms with van der Waals surface area (Å²) in [7, 11) is 0. The van der Waals surface area contributed by atoms with E-state index in [-0.39, 0.29) is 4.91 Å². The second-order valence-electron chi connectivity index (χ2n) is 3.32. The highest BCUT2D eigenvalue weighted by molar-refractivity contribution is 8.02. The van der Waals surface area contributed by atoms with Crippen LogP contribution in [0.3, 0.4) is 0 Å². The second kappa shape index (κ2) is 6.36. The first-order chi connectivity index (χ1) is 8.45. The zero-order valence-corrected chi connectivity index (χ0v) is 10.5. The van der Waals surface area contributed by atoms with Crippen molar-refractivity contribution in [2.75, 3.05) is 6.26 Å². The Hall–Kier alpha value is -1.60. The van der Waals surface area contributed by atoms with Crippen LogP contribution >= 0.6 is 11.8 Å². The van der Waals surface area contributed by atoms with Crippen LogP contribution in [0.15, 0.2) is 53.5 Å². The van der Waals surface area contributed by atoms with Gasteiger partial charge in [0.2, 0.25) is 0 Å². The van der Waals surface area contributed by atoms with E-state index in [0.29, 0.717) is 0 Å². The maximum Gasteiger partial charge on any atom is 0.416 e. The van der Waals surface area contributed by atoms with E-state index in [2.05, 4.69) is 18.4 Å². The highest BCUT2D eigenvalue weighted by Crippen LogP contribution is 2.34. The number of halogens is 3. The third-order valence-electron chi connectivity index (χ3n) is 2.05. The normalized spacial score (nSPS) is 11.7. The first-order valence-electron chi connectivity index (χ1n) is 5.02. The molecule has 0 aliphatic carbocycles. The Bertz CT molecular complexity index is 501. The third kappa shape index (κ3) is 4.34. The molecule has 0 heterocycles. The van der Waals surface area contributed by atoms with E-state index >= 15 is 0 Å². The lowest BCUT2D eigenvalue weighted by molar-refractivity contribution is -0.0881. The van der Waals surface area contributed by atoms with Crippen LogP contribution in [0.5, 0.6) is 0 Å². The Labute approximate surface area is 109 Å². The van der Waals surface area contributed by atoms with E-state index in [4.69, 9.17) is 0 Å². The van der Waals surface area contributed by atoms with Crippen molar-refractivity contribution in [1.29, 1.82) is 0 Å². The van der Waals surface area contributed by atoms with Crippen molar-refractivity contribution in [1.82, 2.24) is 0 Å². The minimum absolute atomic E-state index is 0.0333. The molecule has 0 saturated carbocycles. The molecule has 0 unspecified atom stereocenters. The number of rotatable bonds is 2. The molecule has 0 aromatic heterocycles. The Balaban J connectivity index is 2.89. The Morgan fingerprint density at radius 1 is 1.28 bits per heavy atom. The Morgan fingerprint density at radius 3 is 2.39 bits per heavy atom. The van der Waals surface area contributed by atoms with E-state index in [1.807, 2.05) is 18.2 Å². The SMILES string of the molecule is C=C(/C(=C/C#Cc1ccccc1)SC)C(F)(F)F. The number of hydrogen-bond acceptors (Lipinski definition) is 1. The highest BCUT2D eigenvalue weighted by atomic mass is 32.2. The predicted octanol–water partition coefficient (Wildman–Crippen LogP) is 4.40. The summed E-state index contributed by atoms with van der Waals surface area (Å²) in [6.07, 6.45) is -1.61. The van der Waals surface area contributed by atoms with Gasteiger partial charge in [-0.2, -0.15) is 13.2 Å². The van der Waals surface area contributed by atoms with Crippen molar-refractivity contribution in [3.63, 3.8) is 0 Å². The van der Waals surface area contributed by atoms with E-state index in [1.165, 1.54) is 6.08 Å². The summed E-state index contributed by atoms with van der Waals surface area (Å²) < 4.78 is 37.3. The van der Waals surface area contributed by atoms with Gasteiger partial charge in [0, 0.05) is 16.5 Å². The van der Waals surface area contributed by atoms with Crippen LogP contribution in [0.25, 0.3) is 0 Å². The first kappa shape index (κ1) is 14.5. The fraction of sp³-hybridized carbons (Fsp3) is 0.143. The molecule has 0 aliphatic heterocycles. The Kier molecular flexibility index (Phi) is 5.11. The van der Waals surface area contributed by atoms with Gasteiger partial charge < -0.3 is 0 Å². The molecule has 94 valence electrons. The van der Waals surface area contributed by atoms with Gasteiger partial charge in [-0.1, -0.05) is 36.6 Å². The molecular weight excluding hydrogens is 257 g/mol. The second-order valence-corrected chi connectivity index (χ2v) is 4.17. The molecule has 0 nitrogen and oxygen atoms in total. The standard InChI is InChI=1S/C14H11F3S/c1-11(14(15,16)17)13(18-2)10-6-9-12-7-4-3-5-8-12/h3-5,7-8,10H,1H2,2H3/b13-10-. The summed E-state index contributed by atoms with van der Waals surface area (Å²) in [5.74, 6) is 5.38. The fourth-order valence-corrected chi connectivity index (χ4v) is 1.65. The molecule has 0 bridgehead atoms. The van der Waals surface area contributed by atoms with Crippen LogP contribution in [0.1, 0.15) is 5.56 Å². The molecule has 1 aromatic rings. The zero-order valence-electron chi connectivity index (χ0n) is 9.71. The van der Waals surface area contributed by atoms with E-state index < -0.39 is 11.7 Å². The average molecular weight is 268 g/mol. The topological polar surface area (TPSA) is 0 Å². The van der Waals surface area contributed by atoms with E-state index in [9.17, 15) is 13.2 Å². The van der Waals surface area contributed by atoms with Gasteiger partial charge in [-0.3, -0.25) is 0 Å². The van der Waals surface area contributed by atoms with Crippen LogP contribution < -0.4 is 0 Å². The highest BCUT2D eigenvalue weighted by Gasteiger charge is 2.33. The number of thioether (sulfide) groups is 1. The quantitative estimate of drug-likeness (QED) is 0.565. The van der Waals surface area contributed by atoms with Crippen molar-refractivity contribution in [3.8, 4) is 11.8 Å². The van der Waals surface area contributed by atoms with Gasteiger partial charge in [0.05, 0.1) is 5.57 Å². The molecule has 0 atom stereocenters. The molecule has 1 rings (SSSR count). The van der Waals surface area contributed by atoms with Crippen molar-refractivity contribution >= 4 is 11.8 Å². The molecule has 0 fully saturated rings. The molecule has 4 heteroatoms. The summed E-state index contributed by atoms with van der Waals surface area (Å²) in [6, 6.07) is 9.06. The predicted molar refractivity (Wildman–Crippen MR) is 70.1 cm³/mol. The van der Waals surface area contributed by atoms with Crippen molar-refractivity contribution in [2.45, 2.75) is 6.18 Å². The van der Waals surface area contributed by atoms with Crippen molar-refractivity contribution < 1.29 is 13.2 Å². The van der Waals surface area contributed by atoms with Crippen LogP contribution in [0, 0.1) is 11.8 Å². The fourth-order valence-electron chi connectivity index (χ4n) is 1.12. The molecule has 0 saturated heterocycles. The zero-order chi connectivity index (χ0) is 13.6. The van der Waals surface area contributed by atoms with E-state index in [0.717, 1.165) is 17.3 Å². The lowest BCUT2D eigenvalue weighted by Crippen LogP contribution is -2.11. The number of alkyl halides is 3. The van der Waals surface area contributed by atoms with Crippen molar-refractivity contribution in [3.05, 3.63) is 59.0 Å². The first-order valence-corrected chi connectivity index (χ1v) is 6.25. The lowest BCUT2D eigenvalue weighted by Gasteiger charge is -2.10. The molecule has 0 N–H and O–H groups in total. The lowest BCUT2D eigenvalue weighted by atomic mass is 10.2. The summed E-state index contributed by atoms with van der Waals surface area (Å²) >= 11 is 0.979. The third-order valence-corrected chi connectivity index (χ3v) is 2.86. The van der Waals surface area contributed by atoms with Gasteiger partial charge in [-0.25, -0.2) is 0 Å². The summed E-state index contributed by atoms with van der Waals surface area (Å²) in [5, 5.41) is 0. The van der Waals surface area contributed by atoms with Crippen LogP contribution in [0.2, 0.25) is 0 Å². The number of hydrogen-bond donors (Lipinski definition) is 0. The summed E-state index contributed by atoms with van der Waals surface area (Å²) in [4.78, 5) is 0.0333. The molecule has 0 aliphatic rings. The maximum atomic E-state index is 12.4. The largest absolute Gasteiger partial charge is 0.416 e. The molecule has 0 spiro atoms. The van der Waals surface area contributed by atoms with Crippen LogP contribution in [-0.2, 0) is 0 Å².